The lowest BCUT2D eigenvalue weighted by Crippen LogP contribution is -2.14. The normalized spacial score (nSPS) is 10.0. The molecule has 0 aliphatic rings. The predicted octanol–water partition coefficient (Wildman–Crippen LogP) is 2.13. The molecule has 0 bridgehead atoms. The van der Waals surface area contributed by atoms with Crippen molar-refractivity contribution in [3.8, 4) is 11.5 Å². The summed E-state index contributed by atoms with van der Waals surface area (Å²) in [5.41, 5.74) is 13.1. The Morgan fingerprint density at radius 1 is 1.10 bits per heavy atom. The minimum Gasteiger partial charge on any atom is -0.493 e. The van der Waals surface area contributed by atoms with Gasteiger partial charge in [0, 0.05) is 11.8 Å². The van der Waals surface area contributed by atoms with Crippen LogP contribution >= 0.6 is 0 Å². The lowest BCUT2D eigenvalue weighted by atomic mass is 10.1. The number of nitrogens with two attached hydrogens (primary N) is 2. The smallest absolute Gasteiger partial charge is 0.250 e. The summed E-state index contributed by atoms with van der Waals surface area (Å²) >= 11 is 0. The summed E-state index contributed by atoms with van der Waals surface area (Å²) in [7, 11) is 3.13. The largest absolute Gasteiger partial charge is 0.493 e. The monoisotopic (exact) mass is 287 g/mol. The molecule has 0 saturated heterocycles. The van der Waals surface area contributed by atoms with Crippen molar-refractivity contribution in [2.24, 2.45) is 5.73 Å². The third-order valence-electron chi connectivity index (χ3n) is 3.03. The van der Waals surface area contributed by atoms with Gasteiger partial charge in [-0.15, -0.1) is 0 Å². The van der Waals surface area contributed by atoms with E-state index in [-0.39, 0.29) is 5.56 Å². The van der Waals surface area contributed by atoms with Gasteiger partial charge in [0.2, 0.25) is 0 Å². The van der Waals surface area contributed by atoms with Crippen molar-refractivity contribution in [1.29, 1.82) is 0 Å². The number of anilines is 3. The molecule has 0 saturated carbocycles. The average molecular weight is 287 g/mol. The van der Waals surface area contributed by atoms with Gasteiger partial charge in [-0.1, -0.05) is 6.07 Å². The first-order chi connectivity index (χ1) is 10.1. The Bertz CT molecular complexity index is 671. The van der Waals surface area contributed by atoms with Gasteiger partial charge < -0.3 is 26.3 Å². The van der Waals surface area contributed by atoms with E-state index in [9.17, 15) is 4.79 Å². The molecule has 5 N–H and O–H groups in total. The van der Waals surface area contributed by atoms with Crippen LogP contribution in [0, 0.1) is 0 Å². The molecule has 2 aromatic carbocycles. The van der Waals surface area contributed by atoms with E-state index in [1.54, 1.807) is 44.6 Å². The Hall–Kier alpha value is -2.89. The first-order valence-corrected chi connectivity index (χ1v) is 6.24. The van der Waals surface area contributed by atoms with Gasteiger partial charge in [0.05, 0.1) is 31.2 Å². The molecule has 0 fully saturated rings. The molecule has 0 unspecified atom stereocenters. The molecule has 1 amide bonds. The van der Waals surface area contributed by atoms with E-state index >= 15 is 0 Å². The van der Waals surface area contributed by atoms with Gasteiger partial charge in [0.1, 0.15) is 0 Å². The van der Waals surface area contributed by atoms with E-state index in [1.165, 1.54) is 0 Å². The number of amides is 1. The number of methoxy groups -OCH3 is 2. The summed E-state index contributed by atoms with van der Waals surface area (Å²) in [6, 6.07) is 10.4. The van der Waals surface area contributed by atoms with Gasteiger partial charge in [-0.3, -0.25) is 4.79 Å². The predicted molar refractivity (Wildman–Crippen MR) is 82.2 cm³/mol. The van der Waals surface area contributed by atoms with Gasteiger partial charge in [-0.05, 0) is 24.3 Å². The molecule has 21 heavy (non-hydrogen) atoms. The molecule has 0 aliphatic heterocycles. The van der Waals surface area contributed by atoms with Crippen molar-refractivity contribution in [3.05, 3.63) is 42.0 Å². The zero-order chi connectivity index (χ0) is 15.4. The fourth-order valence-electron chi connectivity index (χ4n) is 1.96. The number of carbonyl (C=O) groups excluding carboxylic acids is 1. The lowest BCUT2D eigenvalue weighted by Gasteiger charge is -2.13. The number of carbonyl (C=O) groups is 1. The highest BCUT2D eigenvalue weighted by atomic mass is 16.5. The standard InChI is InChI=1S/C15H17N3O3/c1-20-12-7-6-9(8-13(12)21-2)18-11-5-3-4-10(14(11)16)15(17)19/h3-8,18H,16H2,1-2H3,(H2,17,19). The molecular weight excluding hydrogens is 270 g/mol. The van der Waals surface area contributed by atoms with Gasteiger partial charge >= 0.3 is 0 Å². The third-order valence-corrected chi connectivity index (χ3v) is 3.03. The highest BCUT2D eigenvalue weighted by molar-refractivity contribution is 6.01. The van der Waals surface area contributed by atoms with E-state index < -0.39 is 5.91 Å². The van der Waals surface area contributed by atoms with E-state index in [2.05, 4.69) is 5.32 Å². The minimum absolute atomic E-state index is 0.278. The molecule has 6 heteroatoms. The Labute approximate surface area is 122 Å². The SMILES string of the molecule is COc1ccc(Nc2cccc(C(N)=O)c2N)cc1OC. The van der Waals surface area contributed by atoms with Gasteiger partial charge in [0.25, 0.3) is 5.91 Å². The number of primary amides is 1. The van der Waals surface area contributed by atoms with Crippen LogP contribution in [0.1, 0.15) is 10.4 Å². The first kappa shape index (κ1) is 14.5. The number of nitrogen functional groups attached to an aromatic ring is 1. The third kappa shape index (κ3) is 3.00. The molecule has 0 atom stereocenters. The van der Waals surface area contributed by atoms with E-state index in [0.717, 1.165) is 5.69 Å². The van der Waals surface area contributed by atoms with Crippen LogP contribution in [0.3, 0.4) is 0 Å². The maximum atomic E-state index is 11.3. The molecular formula is C15H17N3O3. The Morgan fingerprint density at radius 3 is 2.43 bits per heavy atom. The maximum absolute atomic E-state index is 11.3. The zero-order valence-electron chi connectivity index (χ0n) is 11.8. The second kappa shape index (κ2) is 6.04. The number of para-hydroxylation sites is 1. The molecule has 0 aromatic heterocycles. The van der Waals surface area contributed by atoms with Crippen molar-refractivity contribution >= 4 is 23.0 Å². The van der Waals surface area contributed by atoms with Crippen LogP contribution in [0.25, 0.3) is 0 Å². The van der Waals surface area contributed by atoms with E-state index in [1.807, 2.05) is 6.07 Å². The Kier molecular flexibility index (Phi) is 4.18. The molecule has 0 spiro atoms. The van der Waals surface area contributed by atoms with E-state index in [4.69, 9.17) is 20.9 Å². The van der Waals surface area contributed by atoms with Crippen LogP contribution in [-0.4, -0.2) is 20.1 Å². The minimum atomic E-state index is -0.566. The summed E-state index contributed by atoms with van der Waals surface area (Å²) < 4.78 is 10.4. The fourth-order valence-corrected chi connectivity index (χ4v) is 1.96. The van der Waals surface area contributed by atoms with Gasteiger partial charge in [-0.2, -0.15) is 0 Å². The van der Waals surface area contributed by atoms with Crippen molar-refractivity contribution < 1.29 is 14.3 Å². The van der Waals surface area contributed by atoms with E-state index in [0.29, 0.717) is 22.9 Å². The number of rotatable bonds is 5. The van der Waals surface area contributed by atoms with Crippen molar-refractivity contribution in [2.45, 2.75) is 0 Å². The quantitative estimate of drug-likeness (QED) is 0.731. The van der Waals surface area contributed by atoms with Crippen molar-refractivity contribution in [3.63, 3.8) is 0 Å². The Balaban J connectivity index is 2.34. The molecule has 0 radical (unpaired) electrons. The van der Waals surface area contributed by atoms with Crippen molar-refractivity contribution in [2.75, 3.05) is 25.3 Å². The number of hydrogen-bond acceptors (Lipinski definition) is 5. The highest BCUT2D eigenvalue weighted by Gasteiger charge is 2.10. The first-order valence-electron chi connectivity index (χ1n) is 6.24. The van der Waals surface area contributed by atoms with Crippen LogP contribution in [0.2, 0.25) is 0 Å². The fraction of sp³-hybridized carbons (Fsp3) is 0.133. The topological polar surface area (TPSA) is 99.6 Å². The van der Waals surface area contributed by atoms with Crippen LogP contribution in [0.5, 0.6) is 11.5 Å². The summed E-state index contributed by atoms with van der Waals surface area (Å²) in [6.07, 6.45) is 0. The molecule has 0 aliphatic carbocycles. The van der Waals surface area contributed by atoms with Gasteiger partial charge in [0.15, 0.2) is 11.5 Å². The van der Waals surface area contributed by atoms with Crippen LogP contribution in [0.4, 0.5) is 17.1 Å². The number of hydrogen-bond donors (Lipinski definition) is 3. The average Bonchev–Trinajstić information content (AvgIpc) is 2.48. The maximum Gasteiger partial charge on any atom is 0.250 e. The molecule has 0 heterocycles. The van der Waals surface area contributed by atoms with Gasteiger partial charge in [-0.25, -0.2) is 0 Å². The molecule has 110 valence electrons. The second-order valence-corrected chi connectivity index (χ2v) is 4.33. The summed E-state index contributed by atoms with van der Waals surface area (Å²) in [6.45, 7) is 0. The second-order valence-electron chi connectivity index (χ2n) is 4.33. The number of ether oxygens (including phenoxy) is 2. The summed E-state index contributed by atoms with van der Waals surface area (Å²) in [5, 5.41) is 3.13. The molecule has 6 nitrogen and oxygen atoms in total. The summed E-state index contributed by atoms with van der Waals surface area (Å²) in [4.78, 5) is 11.3. The number of benzene rings is 2. The molecule has 2 aromatic rings. The van der Waals surface area contributed by atoms with Crippen molar-refractivity contribution in [1.82, 2.24) is 0 Å². The lowest BCUT2D eigenvalue weighted by molar-refractivity contribution is 0.100. The van der Waals surface area contributed by atoms with Crippen LogP contribution < -0.4 is 26.3 Å². The Morgan fingerprint density at radius 2 is 1.81 bits per heavy atom. The highest BCUT2D eigenvalue weighted by Crippen LogP contribution is 2.32. The van der Waals surface area contributed by atoms with Crippen LogP contribution in [-0.2, 0) is 0 Å². The summed E-state index contributed by atoms with van der Waals surface area (Å²) in [5.74, 6) is 0.650. The zero-order valence-corrected chi connectivity index (χ0v) is 11.8. The number of nitrogens with one attached hydrogen (secondary N) is 1. The van der Waals surface area contributed by atoms with Crippen LogP contribution in [0.15, 0.2) is 36.4 Å². The molecule has 2 rings (SSSR count).